The molecule has 0 radical (unpaired) electrons. The molecular formula is C23H32O4Si. The van der Waals surface area contributed by atoms with E-state index in [9.17, 15) is 0 Å². The summed E-state index contributed by atoms with van der Waals surface area (Å²) in [6, 6.07) is 21.0. The van der Waals surface area contributed by atoms with Crippen molar-refractivity contribution >= 4 is 18.7 Å². The second-order valence-electron chi connectivity index (χ2n) is 7.70. The van der Waals surface area contributed by atoms with E-state index < -0.39 is 8.32 Å². The minimum absolute atomic E-state index is 0.0357. The highest BCUT2D eigenvalue weighted by molar-refractivity contribution is 6.99. The lowest BCUT2D eigenvalue weighted by Gasteiger charge is -2.43. The van der Waals surface area contributed by atoms with Crippen molar-refractivity contribution in [3.05, 3.63) is 72.8 Å². The van der Waals surface area contributed by atoms with Gasteiger partial charge in [0, 0.05) is 7.11 Å². The normalized spacial score (nSPS) is 13.8. The fourth-order valence-electron chi connectivity index (χ4n) is 3.50. The Morgan fingerprint density at radius 3 is 1.93 bits per heavy atom. The number of ether oxygens (including phenoxy) is 2. The smallest absolute Gasteiger partial charge is 0.261 e. The third-order valence-corrected chi connectivity index (χ3v) is 9.74. The SMILES string of the molecule is COCO[C@@H](/C=C/CO)CO[Si](c1ccccc1)(c1ccccc1)C(C)(C)C. The highest BCUT2D eigenvalue weighted by Crippen LogP contribution is 2.36. The number of benzene rings is 2. The van der Waals surface area contributed by atoms with E-state index in [4.69, 9.17) is 19.0 Å². The first-order valence-electron chi connectivity index (χ1n) is 9.58. The molecule has 0 aliphatic heterocycles. The maximum atomic E-state index is 9.15. The molecule has 0 fully saturated rings. The zero-order valence-electron chi connectivity index (χ0n) is 17.3. The van der Waals surface area contributed by atoms with Crippen LogP contribution in [0.4, 0.5) is 0 Å². The molecule has 152 valence electrons. The summed E-state index contributed by atoms with van der Waals surface area (Å²) in [5.41, 5.74) is 0. The van der Waals surface area contributed by atoms with Gasteiger partial charge in [-0.3, -0.25) is 0 Å². The summed E-state index contributed by atoms with van der Waals surface area (Å²) < 4.78 is 17.7. The van der Waals surface area contributed by atoms with Gasteiger partial charge in [-0.1, -0.05) is 93.6 Å². The Morgan fingerprint density at radius 2 is 1.50 bits per heavy atom. The van der Waals surface area contributed by atoms with Crippen molar-refractivity contribution in [1.29, 1.82) is 0 Å². The molecule has 5 heteroatoms. The van der Waals surface area contributed by atoms with Crippen LogP contribution in [0.2, 0.25) is 5.04 Å². The number of hydrogen-bond donors (Lipinski definition) is 1. The van der Waals surface area contributed by atoms with E-state index in [1.54, 1.807) is 13.2 Å². The molecule has 0 amide bonds. The lowest BCUT2D eigenvalue weighted by atomic mass is 10.2. The fourth-order valence-corrected chi connectivity index (χ4v) is 8.07. The van der Waals surface area contributed by atoms with Crippen molar-refractivity contribution in [3.63, 3.8) is 0 Å². The maximum absolute atomic E-state index is 9.15. The Labute approximate surface area is 169 Å². The van der Waals surface area contributed by atoms with Crippen molar-refractivity contribution in [2.24, 2.45) is 0 Å². The summed E-state index contributed by atoms with van der Waals surface area (Å²) in [5, 5.41) is 11.5. The third-order valence-electron chi connectivity index (χ3n) is 4.74. The largest absolute Gasteiger partial charge is 0.404 e. The molecule has 0 aliphatic rings. The summed E-state index contributed by atoms with van der Waals surface area (Å²) in [6.45, 7) is 7.25. The van der Waals surface area contributed by atoms with Crippen molar-refractivity contribution in [3.8, 4) is 0 Å². The van der Waals surface area contributed by atoms with Crippen LogP contribution in [0, 0.1) is 0 Å². The lowest BCUT2D eigenvalue weighted by Crippen LogP contribution is -2.67. The van der Waals surface area contributed by atoms with Crippen LogP contribution < -0.4 is 10.4 Å². The Balaban J connectivity index is 2.47. The second kappa shape index (κ2) is 10.7. The first kappa shape index (κ1) is 22.5. The molecule has 0 aliphatic carbocycles. The van der Waals surface area contributed by atoms with Crippen molar-refractivity contribution in [1.82, 2.24) is 0 Å². The predicted molar refractivity (Wildman–Crippen MR) is 117 cm³/mol. The van der Waals surface area contributed by atoms with E-state index in [1.807, 2.05) is 18.2 Å². The Morgan fingerprint density at radius 1 is 0.964 bits per heavy atom. The molecule has 2 aromatic carbocycles. The topological polar surface area (TPSA) is 47.9 Å². The first-order valence-corrected chi connectivity index (χ1v) is 11.5. The zero-order chi connectivity index (χ0) is 20.5. The summed E-state index contributed by atoms with van der Waals surface area (Å²) in [6.07, 6.45) is 3.21. The monoisotopic (exact) mass is 400 g/mol. The minimum Gasteiger partial charge on any atom is -0.404 e. The van der Waals surface area contributed by atoms with Gasteiger partial charge in [-0.05, 0) is 15.4 Å². The summed E-state index contributed by atoms with van der Waals surface area (Å²) >= 11 is 0. The van der Waals surface area contributed by atoms with Crippen LogP contribution in [-0.4, -0.2) is 46.6 Å². The maximum Gasteiger partial charge on any atom is 0.261 e. The molecule has 0 aromatic heterocycles. The van der Waals surface area contributed by atoms with Gasteiger partial charge in [-0.2, -0.15) is 0 Å². The molecule has 0 unspecified atom stereocenters. The summed E-state index contributed by atoms with van der Waals surface area (Å²) in [4.78, 5) is 0. The van der Waals surface area contributed by atoms with Gasteiger partial charge in [0.05, 0.1) is 13.2 Å². The highest BCUT2D eigenvalue weighted by Gasteiger charge is 2.50. The molecule has 2 aromatic rings. The molecule has 0 heterocycles. The van der Waals surface area contributed by atoms with Crippen LogP contribution in [0.1, 0.15) is 20.8 Å². The number of methoxy groups -OCH3 is 1. The molecule has 0 bridgehead atoms. The molecular weight excluding hydrogens is 368 g/mol. The van der Waals surface area contributed by atoms with Crippen LogP contribution in [0.15, 0.2) is 72.8 Å². The average molecular weight is 401 g/mol. The van der Waals surface area contributed by atoms with Gasteiger partial charge in [0.25, 0.3) is 8.32 Å². The predicted octanol–water partition coefficient (Wildman–Crippen LogP) is 3.10. The van der Waals surface area contributed by atoms with E-state index in [1.165, 1.54) is 10.4 Å². The molecule has 1 atom stereocenters. The number of aliphatic hydroxyl groups is 1. The lowest BCUT2D eigenvalue weighted by molar-refractivity contribution is -0.0675. The van der Waals surface area contributed by atoms with Gasteiger partial charge in [-0.15, -0.1) is 0 Å². The van der Waals surface area contributed by atoms with Gasteiger partial charge < -0.3 is 19.0 Å². The summed E-state index contributed by atoms with van der Waals surface area (Å²) in [5.74, 6) is 0. The highest BCUT2D eigenvalue weighted by atomic mass is 28.4. The van der Waals surface area contributed by atoms with E-state index in [2.05, 4.69) is 69.3 Å². The number of hydrogen-bond acceptors (Lipinski definition) is 4. The minimum atomic E-state index is -2.61. The third kappa shape index (κ3) is 5.40. The van der Waals surface area contributed by atoms with Crippen LogP contribution in [0.5, 0.6) is 0 Å². The fraction of sp³-hybridized carbons (Fsp3) is 0.391. The molecule has 4 nitrogen and oxygen atoms in total. The van der Waals surface area contributed by atoms with E-state index >= 15 is 0 Å². The van der Waals surface area contributed by atoms with E-state index in [0.717, 1.165) is 0 Å². The van der Waals surface area contributed by atoms with Gasteiger partial charge in [0.15, 0.2) is 0 Å². The molecule has 0 spiro atoms. The molecule has 0 saturated carbocycles. The van der Waals surface area contributed by atoms with Gasteiger partial charge in [0.2, 0.25) is 0 Å². The van der Waals surface area contributed by atoms with Crippen LogP contribution >= 0.6 is 0 Å². The van der Waals surface area contributed by atoms with Gasteiger partial charge in [0.1, 0.15) is 12.9 Å². The van der Waals surface area contributed by atoms with Gasteiger partial charge in [-0.25, -0.2) is 0 Å². The Hall–Kier alpha value is -1.76. The van der Waals surface area contributed by atoms with Gasteiger partial charge >= 0.3 is 0 Å². The Kier molecular flexibility index (Phi) is 8.60. The number of rotatable bonds is 10. The number of aliphatic hydroxyl groups excluding tert-OH is 1. The van der Waals surface area contributed by atoms with Crippen LogP contribution in [0.25, 0.3) is 0 Å². The summed E-state index contributed by atoms with van der Waals surface area (Å²) in [7, 11) is -1.01. The average Bonchev–Trinajstić information content (AvgIpc) is 2.70. The molecule has 28 heavy (non-hydrogen) atoms. The zero-order valence-corrected chi connectivity index (χ0v) is 18.3. The standard InChI is InChI=1S/C23H32O4Si/c1-23(2,3)28(21-13-7-5-8-14-21,22-15-9-6-10-16-22)27-18-20(12-11-17-24)26-19-25-4/h5-16,20,24H,17-19H2,1-4H3/b12-11+/t20-/m0/s1. The van der Waals surface area contributed by atoms with Crippen LogP contribution in [0.3, 0.4) is 0 Å². The Bertz CT molecular complexity index is 671. The molecule has 0 saturated heterocycles. The van der Waals surface area contributed by atoms with Crippen molar-refractivity contribution in [2.45, 2.75) is 31.9 Å². The second-order valence-corrected chi connectivity index (χ2v) is 12.0. The van der Waals surface area contributed by atoms with Crippen molar-refractivity contribution in [2.75, 3.05) is 27.1 Å². The van der Waals surface area contributed by atoms with Crippen molar-refractivity contribution < 1.29 is 19.0 Å². The molecule has 2 rings (SSSR count). The quantitative estimate of drug-likeness (QED) is 0.378. The van der Waals surface area contributed by atoms with Crippen LogP contribution in [-0.2, 0) is 13.9 Å². The molecule has 1 N–H and O–H groups in total. The first-order chi connectivity index (χ1) is 13.5. The van der Waals surface area contributed by atoms with E-state index in [0.29, 0.717) is 6.61 Å². The van der Waals surface area contributed by atoms with E-state index in [-0.39, 0.29) is 24.5 Å².